The number of aromatic nitrogens is 1. The van der Waals surface area contributed by atoms with Gasteiger partial charge in [-0.3, -0.25) is 9.59 Å². The molecule has 22 heavy (non-hydrogen) atoms. The first-order valence-electron chi connectivity index (χ1n) is 8.11. The molecule has 1 atom stereocenters. The molecule has 120 valence electrons. The Labute approximate surface area is 135 Å². The zero-order valence-electron chi connectivity index (χ0n) is 13.0. The average molecular weight is 321 g/mol. The van der Waals surface area contributed by atoms with Crippen LogP contribution in [0.4, 0.5) is 0 Å². The maximum Gasteiger partial charge on any atom is 0.223 e. The van der Waals surface area contributed by atoms with E-state index < -0.39 is 0 Å². The van der Waals surface area contributed by atoms with E-state index >= 15 is 0 Å². The number of nitrogens with one attached hydrogen (secondary N) is 1. The Morgan fingerprint density at radius 3 is 2.95 bits per heavy atom. The molecule has 6 heteroatoms. The maximum absolute atomic E-state index is 11.6. The molecule has 1 N–H and O–H groups in total. The lowest BCUT2D eigenvalue weighted by Gasteiger charge is -2.30. The molecule has 0 radical (unpaired) electrons. The van der Waals surface area contributed by atoms with E-state index in [0.717, 1.165) is 55.9 Å². The molecule has 2 fully saturated rings. The van der Waals surface area contributed by atoms with Crippen LogP contribution >= 0.6 is 11.3 Å². The summed E-state index contributed by atoms with van der Waals surface area (Å²) in [6, 6.07) is 0. The normalized spacial score (nSPS) is 21.7. The number of piperidine rings is 1. The first kappa shape index (κ1) is 15.5. The minimum Gasteiger partial charge on any atom is -0.355 e. The molecule has 1 aliphatic carbocycles. The van der Waals surface area contributed by atoms with Gasteiger partial charge in [0.1, 0.15) is 0 Å². The summed E-state index contributed by atoms with van der Waals surface area (Å²) in [6.45, 7) is 3.97. The van der Waals surface area contributed by atoms with Gasteiger partial charge in [0, 0.05) is 50.2 Å². The molecule has 3 rings (SSSR count). The van der Waals surface area contributed by atoms with E-state index in [-0.39, 0.29) is 17.7 Å². The van der Waals surface area contributed by atoms with Crippen LogP contribution in [0.5, 0.6) is 0 Å². The van der Waals surface area contributed by atoms with E-state index in [0.29, 0.717) is 12.5 Å². The second-order valence-corrected chi connectivity index (χ2v) is 7.19. The summed E-state index contributed by atoms with van der Waals surface area (Å²) < 4.78 is 0. The van der Waals surface area contributed by atoms with Gasteiger partial charge in [-0.15, -0.1) is 11.3 Å². The van der Waals surface area contributed by atoms with Crippen LogP contribution in [0.2, 0.25) is 0 Å². The third kappa shape index (κ3) is 3.85. The van der Waals surface area contributed by atoms with Gasteiger partial charge in [-0.2, -0.15) is 0 Å². The molecule has 2 aliphatic rings. The number of carbonyl (C=O) groups excluding carboxylic acids is 2. The minimum atomic E-state index is 0.157. The lowest BCUT2D eigenvalue weighted by atomic mass is 9.99. The Kier molecular flexibility index (Phi) is 4.76. The van der Waals surface area contributed by atoms with Crippen molar-refractivity contribution < 1.29 is 9.59 Å². The number of hydrogen-bond donors (Lipinski definition) is 1. The maximum atomic E-state index is 11.6. The Morgan fingerprint density at radius 1 is 1.41 bits per heavy atom. The van der Waals surface area contributed by atoms with Gasteiger partial charge in [-0.1, -0.05) is 0 Å². The van der Waals surface area contributed by atoms with Gasteiger partial charge >= 0.3 is 0 Å². The van der Waals surface area contributed by atoms with Crippen molar-refractivity contribution >= 4 is 23.2 Å². The molecule has 1 aliphatic heterocycles. The summed E-state index contributed by atoms with van der Waals surface area (Å²) in [7, 11) is 0. The first-order valence-corrected chi connectivity index (χ1v) is 8.99. The van der Waals surface area contributed by atoms with Gasteiger partial charge in [0.25, 0.3) is 0 Å². The number of carbonyl (C=O) groups is 2. The molecule has 1 saturated carbocycles. The summed E-state index contributed by atoms with van der Waals surface area (Å²) in [5, 5.41) is 6.20. The van der Waals surface area contributed by atoms with Gasteiger partial charge < -0.3 is 10.2 Å². The SMILES string of the molecule is CC(=O)N1CCC[C@H](c2nc(CCNC(=O)C3CC3)cs2)C1. The van der Waals surface area contributed by atoms with Crippen molar-refractivity contribution in [3.05, 3.63) is 16.1 Å². The topological polar surface area (TPSA) is 62.3 Å². The van der Waals surface area contributed by atoms with Crippen LogP contribution in [0.25, 0.3) is 0 Å². The van der Waals surface area contributed by atoms with Crippen LogP contribution in [0, 0.1) is 5.92 Å². The van der Waals surface area contributed by atoms with Crippen molar-refractivity contribution in [2.75, 3.05) is 19.6 Å². The van der Waals surface area contributed by atoms with Crippen LogP contribution < -0.4 is 5.32 Å². The van der Waals surface area contributed by atoms with Crippen LogP contribution in [-0.2, 0) is 16.0 Å². The molecule has 0 aromatic carbocycles. The molecule has 0 bridgehead atoms. The van der Waals surface area contributed by atoms with E-state index in [1.54, 1.807) is 18.3 Å². The van der Waals surface area contributed by atoms with Gasteiger partial charge in [0.05, 0.1) is 10.7 Å². The third-order valence-electron chi connectivity index (χ3n) is 4.41. The van der Waals surface area contributed by atoms with Crippen LogP contribution in [0.3, 0.4) is 0 Å². The Morgan fingerprint density at radius 2 is 2.23 bits per heavy atom. The number of rotatable bonds is 5. The lowest BCUT2D eigenvalue weighted by Crippen LogP contribution is -2.37. The van der Waals surface area contributed by atoms with Gasteiger partial charge in [0.2, 0.25) is 11.8 Å². The predicted octanol–water partition coefficient (Wildman–Crippen LogP) is 1.94. The monoisotopic (exact) mass is 321 g/mol. The van der Waals surface area contributed by atoms with E-state index in [9.17, 15) is 9.59 Å². The zero-order valence-corrected chi connectivity index (χ0v) is 13.8. The number of hydrogen-bond acceptors (Lipinski definition) is 4. The van der Waals surface area contributed by atoms with Gasteiger partial charge in [-0.05, 0) is 25.7 Å². The summed E-state index contributed by atoms with van der Waals surface area (Å²) >= 11 is 1.69. The van der Waals surface area contributed by atoms with Crippen LogP contribution in [0.1, 0.15) is 49.2 Å². The van der Waals surface area contributed by atoms with Crippen molar-refractivity contribution in [3.63, 3.8) is 0 Å². The second-order valence-electron chi connectivity index (χ2n) is 6.30. The Balaban J connectivity index is 1.49. The molecule has 1 aromatic heterocycles. The highest BCUT2D eigenvalue weighted by Gasteiger charge is 2.29. The molecule has 2 heterocycles. The molecular formula is C16H23N3O2S. The van der Waals surface area contributed by atoms with Crippen molar-refractivity contribution in [2.45, 2.75) is 44.9 Å². The fourth-order valence-corrected chi connectivity index (χ4v) is 3.88. The van der Waals surface area contributed by atoms with E-state index in [4.69, 9.17) is 4.98 Å². The van der Waals surface area contributed by atoms with Gasteiger partial charge in [0.15, 0.2) is 0 Å². The molecule has 5 nitrogen and oxygen atoms in total. The van der Waals surface area contributed by atoms with Crippen molar-refractivity contribution in [1.29, 1.82) is 0 Å². The fourth-order valence-electron chi connectivity index (χ4n) is 2.89. The summed E-state index contributed by atoms with van der Waals surface area (Å²) in [4.78, 5) is 29.7. The summed E-state index contributed by atoms with van der Waals surface area (Å²) in [6.07, 6.45) is 5.03. The smallest absolute Gasteiger partial charge is 0.223 e. The Hall–Kier alpha value is -1.43. The van der Waals surface area contributed by atoms with Gasteiger partial charge in [-0.25, -0.2) is 4.98 Å². The summed E-state index contributed by atoms with van der Waals surface area (Å²) in [5.41, 5.74) is 1.05. The lowest BCUT2D eigenvalue weighted by molar-refractivity contribution is -0.130. The average Bonchev–Trinajstić information content (AvgIpc) is 3.27. The number of likely N-dealkylation sites (tertiary alicyclic amines) is 1. The van der Waals surface area contributed by atoms with E-state index in [2.05, 4.69) is 10.7 Å². The van der Waals surface area contributed by atoms with Crippen LogP contribution in [-0.4, -0.2) is 41.3 Å². The highest BCUT2D eigenvalue weighted by Crippen LogP contribution is 2.30. The van der Waals surface area contributed by atoms with Crippen molar-refractivity contribution in [3.8, 4) is 0 Å². The number of thiazole rings is 1. The molecular weight excluding hydrogens is 298 g/mol. The quantitative estimate of drug-likeness (QED) is 0.901. The zero-order chi connectivity index (χ0) is 15.5. The summed E-state index contributed by atoms with van der Waals surface area (Å²) in [5.74, 6) is 0.993. The first-order chi connectivity index (χ1) is 10.6. The standard InChI is InChI=1S/C16H23N3O2S/c1-11(20)19-8-2-3-13(9-19)16-18-14(10-22-16)6-7-17-15(21)12-4-5-12/h10,12-13H,2-9H2,1H3,(H,17,21)/t13-/m0/s1. The fraction of sp³-hybridized carbons (Fsp3) is 0.688. The minimum absolute atomic E-state index is 0.157. The third-order valence-corrected chi connectivity index (χ3v) is 5.47. The van der Waals surface area contributed by atoms with Crippen LogP contribution in [0.15, 0.2) is 5.38 Å². The molecule has 0 unspecified atom stereocenters. The Bertz CT molecular complexity index is 553. The van der Waals surface area contributed by atoms with E-state index in [1.165, 1.54) is 0 Å². The highest BCUT2D eigenvalue weighted by molar-refractivity contribution is 7.09. The number of amides is 2. The molecule has 1 aromatic rings. The largest absolute Gasteiger partial charge is 0.355 e. The molecule has 0 spiro atoms. The second kappa shape index (κ2) is 6.77. The molecule has 1 saturated heterocycles. The van der Waals surface area contributed by atoms with Crippen molar-refractivity contribution in [1.82, 2.24) is 15.2 Å². The number of nitrogens with zero attached hydrogens (tertiary/aromatic N) is 2. The molecule has 2 amide bonds. The highest BCUT2D eigenvalue weighted by atomic mass is 32.1. The van der Waals surface area contributed by atoms with E-state index in [1.807, 2.05) is 4.90 Å². The van der Waals surface area contributed by atoms with Crippen molar-refractivity contribution in [2.24, 2.45) is 5.92 Å². The predicted molar refractivity (Wildman–Crippen MR) is 85.8 cm³/mol.